The van der Waals surface area contributed by atoms with E-state index in [-0.39, 0.29) is 11.9 Å². The number of thiazole rings is 1. The smallest absolute Gasteiger partial charge is 0.270 e. The molecule has 0 radical (unpaired) electrons. The molecule has 1 N–H and O–H groups in total. The quantitative estimate of drug-likeness (QED) is 0.638. The number of thiophene rings is 1. The first-order valence-electron chi connectivity index (χ1n) is 8.26. The van der Waals surface area contributed by atoms with E-state index >= 15 is 0 Å². The molecule has 132 valence electrons. The second-order valence-corrected chi connectivity index (χ2v) is 7.16. The van der Waals surface area contributed by atoms with Crippen molar-refractivity contribution >= 4 is 28.6 Å². The summed E-state index contributed by atoms with van der Waals surface area (Å²) in [6.07, 6.45) is 1.60. The molecule has 0 aliphatic heterocycles. The largest absolute Gasteiger partial charge is 0.462 e. The van der Waals surface area contributed by atoms with Crippen LogP contribution in [0.3, 0.4) is 0 Å². The Labute approximate surface area is 155 Å². The predicted octanol–water partition coefficient (Wildman–Crippen LogP) is 4.28. The van der Waals surface area contributed by atoms with E-state index in [0.29, 0.717) is 23.0 Å². The summed E-state index contributed by atoms with van der Waals surface area (Å²) in [7, 11) is 0. The first-order chi connectivity index (χ1) is 12.2. The second-order valence-electron chi connectivity index (χ2n) is 5.52. The van der Waals surface area contributed by atoms with Gasteiger partial charge in [-0.2, -0.15) is 11.3 Å². The summed E-state index contributed by atoms with van der Waals surface area (Å²) in [5.41, 5.74) is 1.67. The molecular formula is C18H21N3O2S2. The molecular weight excluding hydrogens is 354 g/mol. The Hall–Kier alpha value is -1.96. The van der Waals surface area contributed by atoms with Crippen molar-refractivity contribution in [2.45, 2.75) is 19.9 Å². The Morgan fingerprint density at radius 1 is 1.32 bits per heavy atom. The average Bonchev–Trinajstić information content (AvgIpc) is 3.39. The number of carbonyl (C=O) groups excluding carboxylic acids is 1. The van der Waals surface area contributed by atoms with E-state index in [2.05, 4.69) is 45.9 Å². The van der Waals surface area contributed by atoms with Crippen molar-refractivity contribution in [3.8, 4) is 10.8 Å². The molecule has 0 saturated heterocycles. The predicted molar refractivity (Wildman–Crippen MR) is 102 cm³/mol. The molecule has 0 fully saturated rings. The number of hydrogen-bond acceptors (Lipinski definition) is 6. The molecule has 0 aromatic carbocycles. The van der Waals surface area contributed by atoms with Gasteiger partial charge in [0.15, 0.2) is 10.8 Å². The molecule has 3 aromatic heterocycles. The van der Waals surface area contributed by atoms with Gasteiger partial charge in [0.2, 0.25) is 0 Å². The third-order valence-corrected chi connectivity index (χ3v) is 5.66. The maximum Gasteiger partial charge on any atom is 0.270 e. The Morgan fingerprint density at radius 3 is 2.80 bits per heavy atom. The lowest BCUT2D eigenvalue weighted by atomic mass is 10.1. The van der Waals surface area contributed by atoms with Crippen LogP contribution in [0.15, 0.2) is 45.0 Å². The van der Waals surface area contributed by atoms with Gasteiger partial charge in [-0.3, -0.25) is 9.69 Å². The number of carbonyl (C=O) groups is 1. The highest BCUT2D eigenvalue weighted by Crippen LogP contribution is 2.25. The van der Waals surface area contributed by atoms with Gasteiger partial charge in [-0.05, 0) is 47.6 Å². The van der Waals surface area contributed by atoms with E-state index in [1.807, 2.05) is 12.1 Å². The molecule has 5 nitrogen and oxygen atoms in total. The van der Waals surface area contributed by atoms with Crippen molar-refractivity contribution in [3.63, 3.8) is 0 Å². The molecule has 0 aliphatic rings. The van der Waals surface area contributed by atoms with Gasteiger partial charge in [-0.25, -0.2) is 4.98 Å². The van der Waals surface area contributed by atoms with E-state index in [0.717, 1.165) is 13.1 Å². The fraction of sp³-hybridized carbons (Fsp3) is 0.333. The Balaban J connectivity index is 1.67. The second kappa shape index (κ2) is 8.42. The van der Waals surface area contributed by atoms with Crippen LogP contribution in [0.1, 0.15) is 35.9 Å². The average molecular weight is 376 g/mol. The molecule has 1 unspecified atom stereocenters. The van der Waals surface area contributed by atoms with Crippen molar-refractivity contribution in [3.05, 3.63) is 51.9 Å². The van der Waals surface area contributed by atoms with Crippen LogP contribution in [-0.4, -0.2) is 35.4 Å². The van der Waals surface area contributed by atoms with E-state index in [4.69, 9.17) is 4.42 Å². The van der Waals surface area contributed by atoms with Gasteiger partial charge in [0.25, 0.3) is 5.91 Å². The number of furan rings is 1. The molecule has 25 heavy (non-hydrogen) atoms. The van der Waals surface area contributed by atoms with Crippen LogP contribution < -0.4 is 5.32 Å². The highest BCUT2D eigenvalue weighted by atomic mass is 32.1. The zero-order valence-corrected chi connectivity index (χ0v) is 15.9. The number of rotatable bonds is 8. The number of likely N-dealkylation sites (N-methyl/N-ethyl adjacent to an activating group) is 1. The number of nitrogens with zero attached hydrogens (tertiary/aromatic N) is 2. The number of amides is 1. The standard InChI is InChI=1S/C18H21N3O2S2/c1-3-21(4-2)15(13-7-9-24-11-13)10-19-17(22)14-12-25-18(20-14)16-6-5-8-23-16/h5-9,11-12,15H,3-4,10H2,1-2H3,(H,19,22). The fourth-order valence-electron chi connectivity index (χ4n) is 2.76. The first kappa shape index (κ1) is 17.8. The summed E-state index contributed by atoms with van der Waals surface area (Å²) in [5.74, 6) is 0.532. The fourth-order valence-corrected chi connectivity index (χ4v) is 4.23. The molecule has 7 heteroatoms. The van der Waals surface area contributed by atoms with Crippen LogP contribution in [0, 0.1) is 0 Å². The van der Waals surface area contributed by atoms with Crippen LogP contribution in [0.25, 0.3) is 10.8 Å². The SMILES string of the molecule is CCN(CC)C(CNC(=O)c1csc(-c2ccco2)n1)c1ccsc1. The summed E-state index contributed by atoms with van der Waals surface area (Å²) >= 11 is 3.09. The third-order valence-electron chi connectivity index (χ3n) is 4.11. The zero-order chi connectivity index (χ0) is 17.6. The minimum absolute atomic E-state index is 0.151. The lowest BCUT2D eigenvalue weighted by Crippen LogP contribution is -2.38. The Bertz CT molecular complexity index is 777. The molecule has 0 saturated carbocycles. The number of nitrogens with one attached hydrogen (secondary N) is 1. The lowest BCUT2D eigenvalue weighted by molar-refractivity contribution is 0.0931. The minimum Gasteiger partial charge on any atom is -0.462 e. The summed E-state index contributed by atoms with van der Waals surface area (Å²) in [6, 6.07) is 5.95. The van der Waals surface area contributed by atoms with Gasteiger partial charge >= 0.3 is 0 Å². The van der Waals surface area contributed by atoms with Crippen LogP contribution in [0.2, 0.25) is 0 Å². The molecule has 1 atom stereocenters. The number of aromatic nitrogens is 1. The summed E-state index contributed by atoms with van der Waals surface area (Å²) in [5, 5.41) is 9.74. The Kier molecular flexibility index (Phi) is 6.01. The van der Waals surface area contributed by atoms with Crippen LogP contribution in [0.5, 0.6) is 0 Å². The highest BCUT2D eigenvalue weighted by Gasteiger charge is 2.20. The monoisotopic (exact) mass is 375 g/mol. The van der Waals surface area contributed by atoms with Gasteiger partial charge in [-0.1, -0.05) is 13.8 Å². The molecule has 3 rings (SSSR count). The van der Waals surface area contributed by atoms with E-state index in [9.17, 15) is 4.79 Å². The summed E-state index contributed by atoms with van der Waals surface area (Å²) in [4.78, 5) is 19.2. The van der Waals surface area contributed by atoms with Crippen molar-refractivity contribution in [2.24, 2.45) is 0 Å². The Morgan fingerprint density at radius 2 is 2.16 bits per heavy atom. The van der Waals surface area contributed by atoms with Gasteiger partial charge in [0.05, 0.1) is 12.3 Å². The van der Waals surface area contributed by atoms with E-state index in [1.54, 1.807) is 23.0 Å². The maximum absolute atomic E-state index is 12.5. The van der Waals surface area contributed by atoms with Gasteiger partial charge < -0.3 is 9.73 Å². The molecule has 0 bridgehead atoms. The molecule has 0 spiro atoms. The lowest BCUT2D eigenvalue weighted by Gasteiger charge is -2.29. The van der Waals surface area contributed by atoms with Crippen LogP contribution >= 0.6 is 22.7 Å². The van der Waals surface area contributed by atoms with Crippen LogP contribution in [0.4, 0.5) is 0 Å². The summed E-state index contributed by atoms with van der Waals surface area (Å²) in [6.45, 7) is 6.71. The molecule has 1 amide bonds. The van der Waals surface area contributed by atoms with Crippen molar-refractivity contribution < 1.29 is 9.21 Å². The molecule has 3 aromatic rings. The number of hydrogen-bond donors (Lipinski definition) is 1. The first-order valence-corrected chi connectivity index (χ1v) is 10.1. The van der Waals surface area contributed by atoms with Crippen molar-refractivity contribution in [1.29, 1.82) is 0 Å². The van der Waals surface area contributed by atoms with E-state index < -0.39 is 0 Å². The molecule has 0 aliphatic carbocycles. The molecule has 3 heterocycles. The van der Waals surface area contributed by atoms with Crippen molar-refractivity contribution in [1.82, 2.24) is 15.2 Å². The van der Waals surface area contributed by atoms with Gasteiger partial charge in [0, 0.05) is 11.9 Å². The minimum atomic E-state index is -0.151. The topological polar surface area (TPSA) is 58.4 Å². The van der Waals surface area contributed by atoms with Gasteiger partial charge in [0.1, 0.15) is 5.69 Å². The third kappa shape index (κ3) is 4.18. The normalized spacial score (nSPS) is 12.4. The van der Waals surface area contributed by atoms with Crippen LogP contribution in [-0.2, 0) is 0 Å². The summed E-state index contributed by atoms with van der Waals surface area (Å²) < 4.78 is 5.33. The van der Waals surface area contributed by atoms with E-state index in [1.165, 1.54) is 16.9 Å². The zero-order valence-electron chi connectivity index (χ0n) is 14.3. The van der Waals surface area contributed by atoms with Crippen molar-refractivity contribution in [2.75, 3.05) is 19.6 Å². The maximum atomic E-state index is 12.5. The van der Waals surface area contributed by atoms with Gasteiger partial charge in [-0.15, -0.1) is 11.3 Å². The highest BCUT2D eigenvalue weighted by molar-refractivity contribution is 7.13.